The minimum absolute atomic E-state index is 0. The number of nitroso groups, excluding NO2 is 2. The van der Waals surface area contributed by atoms with E-state index in [1.165, 1.54) is 0 Å². The van der Waals surface area contributed by atoms with Crippen LogP contribution < -0.4 is 29.6 Å². The molecule has 0 rings (SSSR count). The van der Waals surface area contributed by atoms with Crippen LogP contribution in [0.25, 0.3) is 0 Å². The maximum absolute atomic E-state index is 9.05. The number of rotatable bonds is 0. The fourth-order valence-electron chi connectivity index (χ4n) is 0.0167. The normalized spacial score (nSPS) is 9.27. The first-order chi connectivity index (χ1) is 4.54. The van der Waals surface area contributed by atoms with Crippen LogP contribution in [0.5, 0.6) is 0 Å². The van der Waals surface area contributed by atoms with Gasteiger partial charge in [-0.3, -0.25) is 0 Å². The Hall–Kier alpha value is 0.360. The summed E-state index contributed by atoms with van der Waals surface area (Å²) in [6, 6.07) is 0. The molecule has 0 spiro atoms. The largest absolute Gasteiger partial charge is 1.00 e. The molecule has 0 heterocycles. The number of hydrogen-bond acceptors (Lipinski definition) is 5. The molecule has 10 heteroatoms. The van der Waals surface area contributed by atoms with Crippen LogP contribution in [0.2, 0.25) is 0 Å². The molecule has 0 saturated carbocycles. The molecular formula is CHN2NaO5S2. The zero-order chi connectivity index (χ0) is 8.57. The van der Waals surface area contributed by atoms with E-state index in [1.54, 1.807) is 0 Å². The summed E-state index contributed by atoms with van der Waals surface area (Å²) in [5.41, 5.74) is 0. The second-order valence-electron chi connectivity index (χ2n) is 0.682. The van der Waals surface area contributed by atoms with Gasteiger partial charge in [-0.2, -0.15) is 0 Å². The molecule has 0 radical (unpaired) electrons. The van der Waals surface area contributed by atoms with Crippen LogP contribution in [0.4, 0.5) is 0 Å². The van der Waals surface area contributed by atoms with Crippen molar-refractivity contribution < 1.29 is 42.9 Å². The van der Waals surface area contributed by atoms with E-state index in [-0.39, 0.29) is 29.6 Å². The van der Waals surface area contributed by atoms with Crippen molar-refractivity contribution in [3.63, 3.8) is 0 Å². The SMILES string of the molecule is O=NC(=S)N=O.O=S([O-])O.[Na+]. The van der Waals surface area contributed by atoms with E-state index in [0.717, 1.165) is 0 Å². The average molecular weight is 208 g/mol. The van der Waals surface area contributed by atoms with E-state index in [9.17, 15) is 0 Å². The van der Waals surface area contributed by atoms with Crippen LogP contribution in [-0.2, 0) is 11.4 Å². The zero-order valence-electron chi connectivity index (χ0n) is 5.29. The molecule has 0 saturated heterocycles. The third kappa shape index (κ3) is 38.1. The Morgan fingerprint density at radius 2 is 1.64 bits per heavy atom. The molecule has 7 nitrogen and oxygen atoms in total. The monoisotopic (exact) mass is 208 g/mol. The predicted molar refractivity (Wildman–Crippen MR) is 35.7 cm³/mol. The maximum atomic E-state index is 9.05. The van der Waals surface area contributed by atoms with E-state index in [2.05, 4.69) is 12.2 Å². The van der Waals surface area contributed by atoms with E-state index in [1.807, 2.05) is 10.4 Å². The summed E-state index contributed by atoms with van der Waals surface area (Å²) in [7, 11) is 0. The summed E-state index contributed by atoms with van der Waals surface area (Å²) < 4.78 is 24.1. The van der Waals surface area contributed by atoms with Gasteiger partial charge in [-0.25, -0.2) is 4.21 Å². The fourth-order valence-corrected chi connectivity index (χ4v) is 0.0167. The second-order valence-corrected chi connectivity index (χ2v) is 1.48. The second kappa shape index (κ2) is 13.0. The van der Waals surface area contributed by atoms with Gasteiger partial charge in [-0.05, 0) is 12.2 Å². The van der Waals surface area contributed by atoms with Gasteiger partial charge in [0.05, 0.1) is 11.4 Å². The fraction of sp³-hybridized carbons (Fsp3) is 0. The first-order valence-corrected chi connectivity index (χ1v) is 2.97. The van der Waals surface area contributed by atoms with Gasteiger partial charge in [-0.1, -0.05) is 0 Å². The molecule has 58 valence electrons. The van der Waals surface area contributed by atoms with Gasteiger partial charge >= 0.3 is 34.7 Å². The Balaban J connectivity index is -0.000000114. The van der Waals surface area contributed by atoms with Crippen molar-refractivity contribution in [2.45, 2.75) is 0 Å². The Kier molecular flexibility index (Phi) is 20.6. The summed E-state index contributed by atoms with van der Waals surface area (Å²) in [6.07, 6.45) is 0. The quantitative estimate of drug-likeness (QED) is 0.198. The van der Waals surface area contributed by atoms with E-state index in [4.69, 9.17) is 23.1 Å². The van der Waals surface area contributed by atoms with Gasteiger partial charge in [0.2, 0.25) is 0 Å². The van der Waals surface area contributed by atoms with Gasteiger partial charge in [0.15, 0.2) is 0 Å². The molecule has 0 aromatic heterocycles. The summed E-state index contributed by atoms with van der Waals surface area (Å²) >= 11 is 1.04. The van der Waals surface area contributed by atoms with Crippen molar-refractivity contribution in [2.24, 2.45) is 10.4 Å². The van der Waals surface area contributed by atoms with Crippen LogP contribution in [0.15, 0.2) is 10.4 Å². The van der Waals surface area contributed by atoms with Crippen molar-refractivity contribution in [3.8, 4) is 0 Å². The number of thiocarbonyl (C=S) groups is 1. The van der Waals surface area contributed by atoms with E-state index >= 15 is 0 Å². The van der Waals surface area contributed by atoms with Crippen molar-refractivity contribution in [2.75, 3.05) is 0 Å². The Morgan fingerprint density at radius 3 is 1.64 bits per heavy atom. The van der Waals surface area contributed by atoms with Crippen molar-refractivity contribution >= 4 is 28.7 Å². The van der Waals surface area contributed by atoms with Gasteiger partial charge in [-0.15, -0.1) is 9.81 Å². The summed E-state index contributed by atoms with van der Waals surface area (Å²) in [5.74, 6) is 0. The zero-order valence-corrected chi connectivity index (χ0v) is 8.92. The van der Waals surface area contributed by atoms with Crippen LogP contribution in [-0.4, -0.2) is 18.4 Å². The van der Waals surface area contributed by atoms with Crippen molar-refractivity contribution in [1.82, 2.24) is 0 Å². The molecule has 0 aromatic carbocycles. The minimum Gasteiger partial charge on any atom is -0.750 e. The van der Waals surface area contributed by atoms with Gasteiger partial charge in [0.25, 0.3) is 0 Å². The summed E-state index contributed by atoms with van der Waals surface area (Å²) in [5, 5.41) is 3.33. The molecule has 0 aliphatic heterocycles. The molecule has 0 aliphatic rings. The number of nitrogens with zero attached hydrogens (tertiary/aromatic N) is 2. The van der Waals surface area contributed by atoms with Gasteiger partial charge in [0, 0.05) is 10.4 Å². The molecule has 0 aromatic rings. The van der Waals surface area contributed by atoms with Crippen molar-refractivity contribution in [1.29, 1.82) is 0 Å². The predicted octanol–water partition coefficient (Wildman–Crippen LogP) is -2.85. The molecular weight excluding hydrogens is 207 g/mol. The van der Waals surface area contributed by atoms with Crippen LogP contribution >= 0.6 is 12.2 Å². The average Bonchev–Trinajstić information content (AvgIpc) is 1.85. The van der Waals surface area contributed by atoms with Gasteiger partial charge < -0.3 is 9.11 Å². The molecule has 0 fully saturated rings. The van der Waals surface area contributed by atoms with Gasteiger partial charge in [0.1, 0.15) is 0 Å². The maximum Gasteiger partial charge on any atom is 1.00 e. The van der Waals surface area contributed by atoms with E-state index < -0.39 is 16.5 Å². The molecule has 11 heavy (non-hydrogen) atoms. The topological polar surface area (TPSA) is 119 Å². The Bertz CT molecular complexity index is 147. The molecule has 0 bridgehead atoms. The summed E-state index contributed by atoms with van der Waals surface area (Å²) in [6.45, 7) is 0. The van der Waals surface area contributed by atoms with Crippen molar-refractivity contribution in [3.05, 3.63) is 9.81 Å². The minimum atomic E-state index is -2.86. The third-order valence-corrected chi connectivity index (χ3v) is 0.305. The van der Waals surface area contributed by atoms with Crippen LogP contribution in [0.3, 0.4) is 0 Å². The molecule has 1 atom stereocenters. The molecule has 0 amide bonds. The summed E-state index contributed by atoms with van der Waals surface area (Å²) in [4.78, 5) is 18.1. The molecule has 1 unspecified atom stereocenters. The van der Waals surface area contributed by atoms with E-state index in [0.29, 0.717) is 0 Å². The first kappa shape index (κ1) is 17.4. The van der Waals surface area contributed by atoms with Crippen LogP contribution in [0, 0.1) is 9.81 Å². The molecule has 0 aliphatic carbocycles. The smallest absolute Gasteiger partial charge is 0.750 e. The van der Waals surface area contributed by atoms with Crippen LogP contribution in [0.1, 0.15) is 0 Å². The first-order valence-electron chi connectivity index (χ1n) is 1.53. The third-order valence-electron chi connectivity index (χ3n) is 0.156. The number of hydrogen-bond donors (Lipinski definition) is 1. The standard InChI is InChI=1S/CN2O2S.Na.H2O3S/c4-2-1(6)3-5;;1-4(2)3/h;;(H2,1,2,3)/q;+1;/p-1. The Morgan fingerprint density at radius 1 is 1.45 bits per heavy atom. The molecule has 1 N–H and O–H groups in total. The Labute approximate surface area is 91.3 Å².